The van der Waals surface area contributed by atoms with Crippen LogP contribution in [-0.2, 0) is 0 Å². The van der Waals surface area contributed by atoms with Crippen LogP contribution in [0.25, 0.3) is 11.0 Å². The van der Waals surface area contributed by atoms with Gasteiger partial charge in [-0.1, -0.05) is 0 Å². The van der Waals surface area contributed by atoms with E-state index in [-0.39, 0.29) is 12.1 Å². The summed E-state index contributed by atoms with van der Waals surface area (Å²) in [5.74, 6) is 0. The first-order valence-electron chi connectivity index (χ1n) is 5.31. The number of nitrogens with zero attached hydrogens (tertiary/aromatic N) is 2. The van der Waals surface area contributed by atoms with Crippen LogP contribution in [0.4, 0.5) is 5.69 Å². The lowest BCUT2D eigenvalue weighted by Crippen LogP contribution is -2.35. The maximum absolute atomic E-state index is 9.27. The monoisotopic (exact) mass is 295 g/mol. The lowest BCUT2D eigenvalue weighted by Gasteiger charge is -2.25. The first kappa shape index (κ1) is 12.3. The van der Waals surface area contributed by atoms with Crippen molar-refractivity contribution in [2.24, 2.45) is 0 Å². The van der Waals surface area contributed by atoms with Gasteiger partial charge in [0.1, 0.15) is 5.52 Å². The number of aliphatic hydroxyl groups is 1. The number of aliphatic hydroxyl groups excluding tert-OH is 1. The van der Waals surface area contributed by atoms with Gasteiger partial charge in [-0.15, -0.1) is 0 Å². The fraction of sp³-hybridized carbons (Fsp3) is 0.333. The summed E-state index contributed by atoms with van der Waals surface area (Å²) in [5.41, 5.74) is 2.11. The fourth-order valence-electron chi connectivity index (χ4n) is 1.51. The van der Waals surface area contributed by atoms with Crippen molar-refractivity contribution in [2.45, 2.75) is 19.4 Å². The molecule has 2 N–H and O–H groups in total. The number of aromatic nitrogens is 2. The third-order valence-electron chi connectivity index (χ3n) is 2.41. The van der Waals surface area contributed by atoms with E-state index in [9.17, 15) is 5.11 Å². The van der Waals surface area contributed by atoms with Crippen LogP contribution in [0.3, 0.4) is 0 Å². The minimum absolute atomic E-state index is 0.0490. The van der Waals surface area contributed by atoms with Crippen molar-refractivity contribution < 1.29 is 5.11 Å². The zero-order chi connectivity index (χ0) is 12.5. The number of pyridine rings is 2. The summed E-state index contributed by atoms with van der Waals surface area (Å²) >= 11 is 3.37. The molecule has 0 fully saturated rings. The number of hydrogen-bond donors (Lipinski definition) is 2. The summed E-state index contributed by atoms with van der Waals surface area (Å²) in [4.78, 5) is 8.61. The van der Waals surface area contributed by atoms with Crippen molar-refractivity contribution in [1.29, 1.82) is 0 Å². The number of rotatable bonds is 3. The predicted molar refractivity (Wildman–Crippen MR) is 72.0 cm³/mol. The normalized spacial score (nSPS) is 11.8. The van der Waals surface area contributed by atoms with Gasteiger partial charge in [0.25, 0.3) is 0 Å². The van der Waals surface area contributed by atoms with Gasteiger partial charge in [-0.2, -0.15) is 0 Å². The second-order valence-electron chi connectivity index (χ2n) is 4.55. The molecule has 0 aliphatic carbocycles. The zero-order valence-electron chi connectivity index (χ0n) is 9.74. The Balaban J connectivity index is 2.48. The van der Waals surface area contributed by atoms with E-state index >= 15 is 0 Å². The van der Waals surface area contributed by atoms with Gasteiger partial charge in [0.05, 0.1) is 23.3 Å². The van der Waals surface area contributed by atoms with Crippen LogP contribution >= 0.6 is 15.9 Å². The Morgan fingerprint density at radius 1 is 1.41 bits per heavy atom. The number of nitrogens with one attached hydrogen (secondary N) is 1. The summed E-state index contributed by atoms with van der Waals surface area (Å²) in [6, 6.07) is 3.78. The molecule has 0 saturated heterocycles. The Morgan fingerprint density at radius 3 is 2.88 bits per heavy atom. The zero-order valence-corrected chi connectivity index (χ0v) is 11.3. The van der Waals surface area contributed by atoms with E-state index in [1.807, 2.05) is 26.0 Å². The van der Waals surface area contributed by atoms with Crippen LogP contribution < -0.4 is 5.32 Å². The van der Waals surface area contributed by atoms with E-state index in [1.165, 1.54) is 0 Å². The quantitative estimate of drug-likeness (QED) is 0.914. The summed E-state index contributed by atoms with van der Waals surface area (Å²) in [6.07, 6.45) is 3.47. The minimum atomic E-state index is -0.386. The van der Waals surface area contributed by atoms with Crippen molar-refractivity contribution in [3.05, 3.63) is 29.0 Å². The Labute approximate surface area is 108 Å². The van der Waals surface area contributed by atoms with Gasteiger partial charge >= 0.3 is 0 Å². The predicted octanol–water partition coefficient (Wildman–Crippen LogP) is 2.58. The molecule has 0 radical (unpaired) electrons. The summed E-state index contributed by atoms with van der Waals surface area (Å²) in [5, 5.41) is 12.5. The molecule has 4 nitrogen and oxygen atoms in total. The van der Waals surface area contributed by atoms with E-state index < -0.39 is 0 Å². The number of anilines is 1. The average Bonchev–Trinajstić information content (AvgIpc) is 2.28. The topological polar surface area (TPSA) is 58.0 Å². The summed E-state index contributed by atoms with van der Waals surface area (Å²) in [7, 11) is 0. The molecule has 0 bridgehead atoms. The highest BCUT2D eigenvalue weighted by atomic mass is 79.9. The number of halogens is 1. The lowest BCUT2D eigenvalue weighted by molar-refractivity contribution is 0.234. The largest absolute Gasteiger partial charge is 0.394 e. The molecule has 0 aliphatic heterocycles. The van der Waals surface area contributed by atoms with Crippen LogP contribution in [0.15, 0.2) is 29.0 Å². The van der Waals surface area contributed by atoms with Gasteiger partial charge < -0.3 is 10.4 Å². The maximum atomic E-state index is 9.27. The lowest BCUT2D eigenvalue weighted by atomic mass is 10.1. The van der Waals surface area contributed by atoms with E-state index in [0.717, 1.165) is 21.2 Å². The first-order valence-corrected chi connectivity index (χ1v) is 6.10. The molecule has 0 saturated carbocycles. The molecule has 5 heteroatoms. The van der Waals surface area contributed by atoms with Gasteiger partial charge in [0.2, 0.25) is 0 Å². The molecule has 2 aromatic heterocycles. The second-order valence-corrected chi connectivity index (χ2v) is 5.46. The van der Waals surface area contributed by atoms with Crippen LogP contribution in [-0.4, -0.2) is 27.2 Å². The molecule has 0 unspecified atom stereocenters. The Bertz CT molecular complexity index is 542. The average molecular weight is 296 g/mol. The van der Waals surface area contributed by atoms with Crippen molar-refractivity contribution in [1.82, 2.24) is 9.97 Å². The second kappa shape index (κ2) is 4.58. The highest BCUT2D eigenvalue weighted by molar-refractivity contribution is 9.10. The Hall–Kier alpha value is -1.20. The Morgan fingerprint density at radius 2 is 2.18 bits per heavy atom. The van der Waals surface area contributed by atoms with Crippen molar-refractivity contribution in [2.75, 3.05) is 11.9 Å². The standard InChI is InChI=1S/C12H14BrN3O/c1-12(2,7-17)16-9-3-4-14-10-5-8(13)6-15-11(9)10/h3-6,17H,7H2,1-2H3,(H,14,16). The third-order valence-corrected chi connectivity index (χ3v) is 2.85. The van der Waals surface area contributed by atoms with Gasteiger partial charge in [-0.3, -0.25) is 9.97 Å². The van der Waals surface area contributed by atoms with Crippen molar-refractivity contribution in [3.63, 3.8) is 0 Å². The van der Waals surface area contributed by atoms with Gasteiger partial charge in [-0.25, -0.2) is 0 Å². The van der Waals surface area contributed by atoms with Crippen LogP contribution in [0, 0.1) is 0 Å². The minimum Gasteiger partial charge on any atom is -0.394 e. The van der Waals surface area contributed by atoms with Crippen LogP contribution in [0.5, 0.6) is 0 Å². The Kier molecular flexibility index (Phi) is 3.31. The van der Waals surface area contributed by atoms with Crippen molar-refractivity contribution in [3.8, 4) is 0 Å². The number of fused-ring (bicyclic) bond motifs is 1. The molecule has 17 heavy (non-hydrogen) atoms. The third kappa shape index (κ3) is 2.73. The molecular weight excluding hydrogens is 282 g/mol. The van der Waals surface area contributed by atoms with Crippen LogP contribution in [0.1, 0.15) is 13.8 Å². The van der Waals surface area contributed by atoms with Gasteiger partial charge in [0, 0.05) is 16.9 Å². The maximum Gasteiger partial charge on any atom is 0.112 e. The molecule has 0 atom stereocenters. The van der Waals surface area contributed by atoms with E-state index in [0.29, 0.717) is 0 Å². The fourth-order valence-corrected chi connectivity index (χ4v) is 1.83. The van der Waals surface area contributed by atoms with Crippen molar-refractivity contribution >= 4 is 32.7 Å². The van der Waals surface area contributed by atoms with E-state index in [1.54, 1.807) is 12.4 Å². The number of hydrogen-bond acceptors (Lipinski definition) is 4. The molecule has 2 heterocycles. The molecule has 2 aromatic rings. The SMILES string of the molecule is CC(C)(CO)Nc1ccnc2cc(Br)cnc12. The molecule has 2 rings (SSSR count). The first-order chi connectivity index (χ1) is 8.02. The molecule has 0 aromatic carbocycles. The smallest absolute Gasteiger partial charge is 0.112 e. The van der Waals surface area contributed by atoms with E-state index in [4.69, 9.17) is 0 Å². The highest BCUT2D eigenvalue weighted by Crippen LogP contribution is 2.24. The molecule has 0 spiro atoms. The molecular formula is C12H14BrN3O. The molecule has 90 valence electrons. The van der Waals surface area contributed by atoms with Gasteiger partial charge in [-0.05, 0) is 41.9 Å². The van der Waals surface area contributed by atoms with Gasteiger partial charge in [0.15, 0.2) is 0 Å². The summed E-state index contributed by atoms with van der Waals surface area (Å²) < 4.78 is 0.899. The van der Waals surface area contributed by atoms with Crippen LogP contribution in [0.2, 0.25) is 0 Å². The molecule has 0 amide bonds. The summed E-state index contributed by atoms with van der Waals surface area (Å²) in [6.45, 7) is 3.91. The highest BCUT2D eigenvalue weighted by Gasteiger charge is 2.17. The molecule has 0 aliphatic rings. The van der Waals surface area contributed by atoms with E-state index in [2.05, 4.69) is 31.2 Å².